The Morgan fingerprint density at radius 2 is 1.83 bits per heavy atom. The summed E-state index contributed by atoms with van der Waals surface area (Å²) < 4.78 is 0. The molecule has 2 N–H and O–H groups in total. The topological polar surface area (TPSA) is 55.0 Å². The molecule has 0 aliphatic heterocycles. The lowest BCUT2D eigenvalue weighted by atomic mass is 10.4. The third-order valence-electron chi connectivity index (χ3n) is 2.28. The number of benzene rings is 1. The van der Waals surface area contributed by atoms with E-state index in [2.05, 4.69) is 9.97 Å². The zero-order valence-electron chi connectivity index (χ0n) is 10.1. The Balaban J connectivity index is 2.29. The van der Waals surface area contributed by atoms with Crippen molar-refractivity contribution in [3.05, 3.63) is 35.6 Å². The smallest absolute Gasteiger partial charge is 0.155 e. The van der Waals surface area contributed by atoms with E-state index in [0.29, 0.717) is 10.7 Å². The van der Waals surface area contributed by atoms with E-state index in [1.807, 2.05) is 43.3 Å². The summed E-state index contributed by atoms with van der Waals surface area (Å²) in [6.45, 7) is 0. The van der Waals surface area contributed by atoms with Gasteiger partial charge in [-0.1, -0.05) is 23.4 Å². The van der Waals surface area contributed by atoms with E-state index >= 15 is 0 Å². The molecule has 0 amide bonds. The molecular formula is C12H13ClN4S. The highest BCUT2D eigenvalue weighted by molar-refractivity contribution is 7.99. The molecular weight excluding hydrogens is 268 g/mol. The number of anilines is 2. The molecule has 18 heavy (non-hydrogen) atoms. The number of hydrogen-bond donors (Lipinski definition) is 1. The van der Waals surface area contributed by atoms with E-state index in [9.17, 15) is 0 Å². The van der Waals surface area contributed by atoms with Crippen LogP contribution in [0.2, 0.25) is 5.02 Å². The van der Waals surface area contributed by atoms with Crippen LogP contribution in [0, 0.1) is 0 Å². The number of nitrogen functional groups attached to an aromatic ring is 1. The van der Waals surface area contributed by atoms with Crippen molar-refractivity contribution < 1.29 is 0 Å². The zero-order valence-corrected chi connectivity index (χ0v) is 11.7. The van der Waals surface area contributed by atoms with Gasteiger partial charge in [0.25, 0.3) is 0 Å². The minimum absolute atomic E-state index is 0.586. The van der Waals surface area contributed by atoms with Crippen LogP contribution in [0.25, 0.3) is 0 Å². The van der Waals surface area contributed by atoms with Crippen molar-refractivity contribution in [1.82, 2.24) is 9.97 Å². The van der Waals surface area contributed by atoms with Crippen molar-refractivity contribution in [3.63, 3.8) is 0 Å². The summed E-state index contributed by atoms with van der Waals surface area (Å²) in [6, 6.07) is 7.55. The van der Waals surface area contributed by atoms with E-state index in [4.69, 9.17) is 17.3 Å². The second kappa shape index (κ2) is 5.46. The number of halogens is 1. The van der Waals surface area contributed by atoms with E-state index in [1.54, 1.807) is 0 Å². The quantitative estimate of drug-likeness (QED) is 0.876. The molecule has 6 heteroatoms. The highest BCUT2D eigenvalue weighted by Gasteiger charge is 2.10. The number of nitrogens with zero attached hydrogens (tertiary/aromatic N) is 3. The highest BCUT2D eigenvalue weighted by atomic mass is 35.5. The number of nitrogens with two attached hydrogens (primary N) is 1. The van der Waals surface area contributed by atoms with Crippen LogP contribution in [-0.4, -0.2) is 24.1 Å². The molecule has 1 heterocycles. The average Bonchev–Trinajstić information content (AvgIpc) is 2.34. The van der Waals surface area contributed by atoms with Crippen molar-refractivity contribution in [2.24, 2.45) is 0 Å². The van der Waals surface area contributed by atoms with Crippen LogP contribution < -0.4 is 10.6 Å². The fraction of sp³-hybridized carbons (Fsp3) is 0.167. The summed E-state index contributed by atoms with van der Waals surface area (Å²) in [5, 5.41) is 1.46. The van der Waals surface area contributed by atoms with E-state index in [1.165, 1.54) is 18.1 Å². The van der Waals surface area contributed by atoms with Gasteiger partial charge in [-0.05, 0) is 24.3 Å². The first-order chi connectivity index (χ1) is 8.58. The second-order valence-electron chi connectivity index (χ2n) is 3.87. The third kappa shape index (κ3) is 2.86. The fourth-order valence-electron chi connectivity index (χ4n) is 1.42. The van der Waals surface area contributed by atoms with Gasteiger partial charge in [0.1, 0.15) is 17.0 Å². The van der Waals surface area contributed by atoms with Gasteiger partial charge < -0.3 is 10.6 Å². The molecule has 0 saturated carbocycles. The van der Waals surface area contributed by atoms with Crippen LogP contribution in [0.3, 0.4) is 0 Å². The lowest BCUT2D eigenvalue weighted by Gasteiger charge is -2.15. The van der Waals surface area contributed by atoms with E-state index in [0.717, 1.165) is 15.7 Å². The largest absolute Gasteiger partial charge is 0.394 e. The lowest BCUT2D eigenvalue weighted by Crippen LogP contribution is -2.14. The van der Waals surface area contributed by atoms with Crippen molar-refractivity contribution in [2.75, 3.05) is 24.7 Å². The second-order valence-corrected chi connectivity index (χ2v) is 5.37. The van der Waals surface area contributed by atoms with Gasteiger partial charge in [0.2, 0.25) is 0 Å². The van der Waals surface area contributed by atoms with Crippen LogP contribution in [-0.2, 0) is 0 Å². The molecule has 0 aliphatic carbocycles. The molecule has 0 unspecified atom stereocenters. The predicted molar refractivity (Wildman–Crippen MR) is 76.3 cm³/mol. The average molecular weight is 281 g/mol. The molecule has 0 saturated heterocycles. The summed E-state index contributed by atoms with van der Waals surface area (Å²) in [5.41, 5.74) is 6.63. The van der Waals surface area contributed by atoms with Gasteiger partial charge in [-0.25, -0.2) is 9.97 Å². The first-order valence-corrected chi connectivity index (χ1v) is 6.48. The SMILES string of the molecule is CN(C)c1ncnc(Sc2ccc(Cl)cc2)c1N. The maximum Gasteiger partial charge on any atom is 0.155 e. The maximum atomic E-state index is 6.05. The standard InChI is InChI=1S/C12H13ClN4S/c1-17(2)11-10(14)12(16-7-15-11)18-9-5-3-8(13)4-6-9/h3-7H,14H2,1-2H3. The molecule has 0 radical (unpaired) electrons. The molecule has 2 rings (SSSR count). The van der Waals surface area contributed by atoms with Crippen molar-refractivity contribution in [2.45, 2.75) is 9.92 Å². The molecule has 1 aromatic heterocycles. The van der Waals surface area contributed by atoms with Crippen molar-refractivity contribution >= 4 is 34.9 Å². The van der Waals surface area contributed by atoms with Crippen molar-refractivity contribution in [3.8, 4) is 0 Å². The van der Waals surface area contributed by atoms with Crippen molar-refractivity contribution in [1.29, 1.82) is 0 Å². The summed E-state index contributed by atoms with van der Waals surface area (Å²) in [6.07, 6.45) is 1.52. The Labute approximate surface area is 115 Å². The Morgan fingerprint density at radius 3 is 2.44 bits per heavy atom. The Morgan fingerprint density at radius 1 is 1.17 bits per heavy atom. The first-order valence-electron chi connectivity index (χ1n) is 5.29. The van der Waals surface area contributed by atoms with Crippen LogP contribution in [0.15, 0.2) is 40.5 Å². The monoisotopic (exact) mass is 280 g/mol. The van der Waals surface area contributed by atoms with Gasteiger partial charge in [0.05, 0.1) is 0 Å². The van der Waals surface area contributed by atoms with E-state index in [-0.39, 0.29) is 0 Å². The molecule has 0 atom stereocenters. The van der Waals surface area contributed by atoms with Gasteiger partial charge in [-0.2, -0.15) is 0 Å². The Hall–Kier alpha value is -1.46. The lowest BCUT2D eigenvalue weighted by molar-refractivity contribution is 0.993. The molecule has 0 bridgehead atoms. The zero-order chi connectivity index (χ0) is 13.1. The molecule has 0 fully saturated rings. The summed E-state index contributed by atoms with van der Waals surface area (Å²) in [4.78, 5) is 11.3. The van der Waals surface area contributed by atoms with Gasteiger partial charge in [-0.15, -0.1) is 0 Å². The Bertz CT molecular complexity index is 542. The molecule has 0 aliphatic rings. The molecule has 0 spiro atoms. The van der Waals surface area contributed by atoms with Crippen LogP contribution >= 0.6 is 23.4 Å². The highest BCUT2D eigenvalue weighted by Crippen LogP contribution is 2.33. The predicted octanol–water partition coefficient (Wildman–Crippen LogP) is 2.93. The van der Waals surface area contributed by atoms with Gasteiger partial charge >= 0.3 is 0 Å². The minimum Gasteiger partial charge on any atom is -0.394 e. The summed E-state index contributed by atoms with van der Waals surface area (Å²) >= 11 is 7.34. The third-order valence-corrected chi connectivity index (χ3v) is 3.56. The van der Waals surface area contributed by atoms with Gasteiger partial charge in [0.15, 0.2) is 5.82 Å². The minimum atomic E-state index is 0.586. The molecule has 2 aromatic rings. The van der Waals surface area contributed by atoms with E-state index < -0.39 is 0 Å². The van der Waals surface area contributed by atoms with Crippen LogP contribution in [0.4, 0.5) is 11.5 Å². The summed E-state index contributed by atoms with van der Waals surface area (Å²) in [7, 11) is 3.80. The number of aromatic nitrogens is 2. The van der Waals surface area contributed by atoms with Gasteiger partial charge in [0, 0.05) is 24.0 Å². The van der Waals surface area contributed by atoms with Crippen LogP contribution in [0.5, 0.6) is 0 Å². The van der Waals surface area contributed by atoms with Crippen LogP contribution in [0.1, 0.15) is 0 Å². The molecule has 1 aromatic carbocycles. The number of hydrogen-bond acceptors (Lipinski definition) is 5. The molecule has 94 valence electrons. The normalized spacial score (nSPS) is 10.4. The summed E-state index contributed by atoms with van der Waals surface area (Å²) in [5.74, 6) is 0.724. The molecule has 4 nitrogen and oxygen atoms in total. The fourth-order valence-corrected chi connectivity index (χ4v) is 2.35. The first kappa shape index (κ1) is 13.0. The van der Waals surface area contributed by atoms with Gasteiger partial charge in [-0.3, -0.25) is 0 Å². The Kier molecular flexibility index (Phi) is 3.93. The maximum absolute atomic E-state index is 6.05. The number of rotatable bonds is 3.